The van der Waals surface area contributed by atoms with Crippen LogP contribution in [0.1, 0.15) is 19.3 Å². The van der Waals surface area contributed by atoms with Gasteiger partial charge in [0.1, 0.15) is 0 Å². The van der Waals surface area contributed by atoms with Gasteiger partial charge in [0.05, 0.1) is 6.10 Å². The van der Waals surface area contributed by atoms with Crippen molar-refractivity contribution in [1.82, 2.24) is 0 Å². The van der Waals surface area contributed by atoms with Crippen LogP contribution in [-0.4, -0.2) is 12.7 Å². The largest absolute Gasteiger partial charge is 0.345 e. The lowest BCUT2D eigenvalue weighted by Gasteiger charge is -2.10. The van der Waals surface area contributed by atoms with Gasteiger partial charge in [0, 0.05) is 5.41 Å². The number of rotatable bonds is 2. The molecule has 3 heteroatoms. The summed E-state index contributed by atoms with van der Waals surface area (Å²) in [5.41, 5.74) is 0.194. The maximum Gasteiger partial charge on any atom is 0.345 e. The minimum atomic E-state index is -2.60. The highest BCUT2D eigenvalue weighted by Gasteiger charge is 2.42. The third-order valence-electron chi connectivity index (χ3n) is 2.47. The van der Waals surface area contributed by atoms with Gasteiger partial charge in [-0.25, -0.2) is 0 Å². The van der Waals surface area contributed by atoms with Crippen molar-refractivity contribution in [1.29, 1.82) is 0 Å². The van der Waals surface area contributed by atoms with Gasteiger partial charge in [-0.2, -0.15) is 8.78 Å². The van der Waals surface area contributed by atoms with E-state index in [1.165, 1.54) is 0 Å². The van der Waals surface area contributed by atoms with Gasteiger partial charge in [-0.15, -0.1) is 0 Å². The van der Waals surface area contributed by atoms with E-state index in [1.54, 1.807) is 0 Å². The van der Waals surface area contributed by atoms with Gasteiger partial charge in [-0.1, -0.05) is 12.2 Å². The van der Waals surface area contributed by atoms with Crippen molar-refractivity contribution in [2.24, 2.45) is 5.41 Å². The Labute approximate surface area is 64.0 Å². The zero-order valence-corrected chi connectivity index (χ0v) is 6.09. The van der Waals surface area contributed by atoms with Gasteiger partial charge in [-0.05, 0) is 19.3 Å². The average Bonchev–Trinajstić information content (AvgIpc) is 2.51. The van der Waals surface area contributed by atoms with Crippen LogP contribution in [0.15, 0.2) is 12.2 Å². The molecule has 0 aliphatic heterocycles. The van der Waals surface area contributed by atoms with Crippen LogP contribution < -0.4 is 0 Å². The van der Waals surface area contributed by atoms with Crippen LogP contribution in [0.2, 0.25) is 0 Å². The lowest BCUT2D eigenvalue weighted by atomic mass is 10.0. The van der Waals surface area contributed by atoms with Crippen LogP contribution in [0.4, 0.5) is 8.78 Å². The highest BCUT2D eigenvalue weighted by Crippen LogP contribution is 2.50. The second kappa shape index (κ2) is 2.27. The van der Waals surface area contributed by atoms with Crippen molar-refractivity contribution in [3.8, 4) is 0 Å². The molecule has 62 valence electrons. The SMILES string of the molecule is FC(F)OC1CCC2(C=C2)C1. The Balaban J connectivity index is 1.81. The van der Waals surface area contributed by atoms with Crippen molar-refractivity contribution < 1.29 is 13.5 Å². The van der Waals surface area contributed by atoms with Gasteiger partial charge in [-0.3, -0.25) is 0 Å². The van der Waals surface area contributed by atoms with Gasteiger partial charge >= 0.3 is 6.61 Å². The Kier molecular flexibility index (Phi) is 1.49. The van der Waals surface area contributed by atoms with Crippen molar-refractivity contribution >= 4 is 0 Å². The van der Waals surface area contributed by atoms with Crippen LogP contribution in [0.5, 0.6) is 0 Å². The molecule has 2 aliphatic rings. The van der Waals surface area contributed by atoms with Gasteiger partial charge in [0.15, 0.2) is 0 Å². The summed E-state index contributed by atoms with van der Waals surface area (Å²) >= 11 is 0. The molecule has 0 aromatic heterocycles. The summed E-state index contributed by atoms with van der Waals surface area (Å²) in [4.78, 5) is 0. The molecule has 0 heterocycles. The Morgan fingerprint density at radius 2 is 2.18 bits per heavy atom. The Morgan fingerprint density at radius 3 is 2.64 bits per heavy atom. The number of halogens is 2. The minimum absolute atomic E-state index is 0.194. The van der Waals surface area contributed by atoms with E-state index in [0.29, 0.717) is 0 Å². The molecule has 2 rings (SSSR count). The molecule has 2 aliphatic carbocycles. The maximum atomic E-state index is 11.7. The molecule has 0 amide bonds. The molecule has 0 radical (unpaired) electrons. The number of alkyl halides is 2. The molecular weight excluding hydrogens is 150 g/mol. The average molecular weight is 160 g/mol. The van der Waals surface area contributed by atoms with Crippen molar-refractivity contribution in [3.05, 3.63) is 12.2 Å². The Bertz CT molecular complexity index is 183. The first-order valence-corrected chi connectivity index (χ1v) is 3.84. The molecule has 0 bridgehead atoms. The van der Waals surface area contributed by atoms with Gasteiger partial charge < -0.3 is 4.74 Å². The predicted molar refractivity (Wildman–Crippen MR) is 36.3 cm³/mol. The van der Waals surface area contributed by atoms with Gasteiger partial charge in [0.2, 0.25) is 0 Å². The van der Waals surface area contributed by atoms with Crippen molar-refractivity contribution in [2.75, 3.05) is 0 Å². The third-order valence-corrected chi connectivity index (χ3v) is 2.47. The number of allylic oxidation sites excluding steroid dienone is 2. The standard InChI is InChI=1S/C8H10F2O/c9-7(10)11-6-1-2-8(5-6)3-4-8/h3-4,6-7H,1-2,5H2. The van der Waals surface area contributed by atoms with E-state index in [4.69, 9.17) is 0 Å². The third kappa shape index (κ3) is 1.43. The molecular formula is C8H10F2O. The fourth-order valence-corrected chi connectivity index (χ4v) is 1.74. The molecule has 1 fully saturated rings. The molecule has 1 atom stereocenters. The lowest BCUT2D eigenvalue weighted by Crippen LogP contribution is -2.13. The number of hydrogen-bond acceptors (Lipinski definition) is 1. The van der Waals surface area contributed by atoms with Crippen LogP contribution in [0.25, 0.3) is 0 Å². The first-order chi connectivity index (χ1) is 5.20. The summed E-state index contributed by atoms with van der Waals surface area (Å²) in [5, 5.41) is 0. The van der Waals surface area contributed by atoms with Gasteiger partial charge in [0.25, 0.3) is 0 Å². The maximum absolute atomic E-state index is 11.7. The highest BCUT2D eigenvalue weighted by atomic mass is 19.3. The van der Waals surface area contributed by atoms with Crippen molar-refractivity contribution in [2.45, 2.75) is 32.0 Å². The summed E-state index contributed by atoms with van der Waals surface area (Å²) in [6.45, 7) is -2.60. The summed E-state index contributed by atoms with van der Waals surface area (Å²) in [6.07, 6.45) is 6.48. The smallest absolute Gasteiger partial charge is 0.320 e. The predicted octanol–water partition coefficient (Wildman–Crippen LogP) is 2.33. The Morgan fingerprint density at radius 1 is 1.45 bits per heavy atom. The molecule has 0 N–H and O–H groups in total. The Hall–Kier alpha value is -0.440. The fraction of sp³-hybridized carbons (Fsp3) is 0.750. The van der Waals surface area contributed by atoms with Crippen LogP contribution >= 0.6 is 0 Å². The molecule has 11 heavy (non-hydrogen) atoms. The molecule has 1 nitrogen and oxygen atoms in total. The second-order valence-corrected chi connectivity index (χ2v) is 3.33. The first kappa shape index (κ1) is 7.22. The van der Waals surface area contributed by atoms with E-state index in [1.807, 2.05) is 0 Å². The first-order valence-electron chi connectivity index (χ1n) is 3.84. The zero-order valence-electron chi connectivity index (χ0n) is 6.09. The highest BCUT2D eigenvalue weighted by molar-refractivity contribution is 5.28. The molecule has 0 saturated heterocycles. The van der Waals surface area contributed by atoms with E-state index in [2.05, 4.69) is 16.9 Å². The summed E-state index contributed by atoms with van der Waals surface area (Å²) in [5.74, 6) is 0. The normalized spacial score (nSPS) is 32.1. The van der Waals surface area contributed by atoms with Crippen LogP contribution in [0, 0.1) is 5.41 Å². The fourth-order valence-electron chi connectivity index (χ4n) is 1.74. The summed E-state index contributed by atoms with van der Waals surface area (Å²) in [6, 6.07) is 0. The van der Waals surface area contributed by atoms with E-state index in [0.717, 1.165) is 19.3 Å². The zero-order chi connectivity index (χ0) is 7.90. The van der Waals surface area contributed by atoms with E-state index in [-0.39, 0.29) is 11.5 Å². The quantitative estimate of drug-likeness (QED) is 0.563. The van der Waals surface area contributed by atoms with E-state index < -0.39 is 6.61 Å². The second-order valence-electron chi connectivity index (χ2n) is 3.33. The molecule has 0 aromatic carbocycles. The monoisotopic (exact) mass is 160 g/mol. The minimum Gasteiger partial charge on any atom is -0.320 e. The van der Waals surface area contributed by atoms with E-state index >= 15 is 0 Å². The number of ether oxygens (including phenoxy) is 1. The number of hydrogen-bond donors (Lipinski definition) is 0. The molecule has 1 spiro atoms. The van der Waals surface area contributed by atoms with Crippen LogP contribution in [0.3, 0.4) is 0 Å². The summed E-state index contributed by atoms with van der Waals surface area (Å²) < 4.78 is 27.8. The molecule has 0 aromatic rings. The lowest BCUT2D eigenvalue weighted by molar-refractivity contribution is -0.161. The molecule has 1 unspecified atom stereocenters. The van der Waals surface area contributed by atoms with E-state index in [9.17, 15) is 8.78 Å². The topological polar surface area (TPSA) is 9.23 Å². The molecule has 1 saturated carbocycles. The van der Waals surface area contributed by atoms with Crippen molar-refractivity contribution in [3.63, 3.8) is 0 Å². The van der Waals surface area contributed by atoms with Crippen LogP contribution in [-0.2, 0) is 4.74 Å². The summed E-state index contributed by atoms with van der Waals surface area (Å²) in [7, 11) is 0.